The van der Waals surface area contributed by atoms with Gasteiger partial charge in [-0.15, -0.1) is 12.4 Å². The standard InChI is InChI=1S/C20H29N3O3S.ClH/c1-4-6-17(24)23(10-5-9-22-11-13-26-14-12-22)20-21-18-16(25-3)8-7-15(2)19(18)27-20;/h7-8H,4-6,9-14H2,1-3H3;1H. The van der Waals surface area contributed by atoms with Gasteiger partial charge in [-0.3, -0.25) is 14.6 Å². The van der Waals surface area contributed by atoms with Crippen LogP contribution in [0.3, 0.4) is 0 Å². The van der Waals surface area contributed by atoms with Gasteiger partial charge in [0.25, 0.3) is 0 Å². The summed E-state index contributed by atoms with van der Waals surface area (Å²) in [5.74, 6) is 0.907. The number of aromatic nitrogens is 1. The minimum Gasteiger partial charge on any atom is -0.494 e. The zero-order chi connectivity index (χ0) is 19.2. The number of aryl methyl sites for hydroxylation is 1. The van der Waals surface area contributed by atoms with E-state index >= 15 is 0 Å². The zero-order valence-corrected chi connectivity index (χ0v) is 18.5. The molecule has 0 aliphatic carbocycles. The summed E-state index contributed by atoms with van der Waals surface area (Å²) in [6.07, 6.45) is 2.32. The molecule has 6 nitrogen and oxygen atoms in total. The van der Waals surface area contributed by atoms with E-state index in [9.17, 15) is 4.79 Å². The van der Waals surface area contributed by atoms with Crippen LogP contribution in [-0.2, 0) is 9.53 Å². The zero-order valence-electron chi connectivity index (χ0n) is 16.9. The number of benzene rings is 1. The van der Waals surface area contributed by atoms with Gasteiger partial charge in [0.1, 0.15) is 11.3 Å². The Bertz CT molecular complexity index is 777. The van der Waals surface area contributed by atoms with Crippen LogP contribution >= 0.6 is 23.7 Å². The molecule has 28 heavy (non-hydrogen) atoms. The van der Waals surface area contributed by atoms with E-state index in [-0.39, 0.29) is 18.3 Å². The second-order valence-electron chi connectivity index (χ2n) is 6.86. The average molecular weight is 428 g/mol. The van der Waals surface area contributed by atoms with Crippen LogP contribution in [0.5, 0.6) is 5.75 Å². The topological polar surface area (TPSA) is 54.9 Å². The van der Waals surface area contributed by atoms with Crippen LogP contribution < -0.4 is 9.64 Å². The summed E-state index contributed by atoms with van der Waals surface area (Å²) in [6.45, 7) is 9.32. The van der Waals surface area contributed by atoms with Crippen LogP contribution in [0.2, 0.25) is 0 Å². The number of hydrogen-bond donors (Lipinski definition) is 0. The minimum absolute atomic E-state index is 0. The van der Waals surface area contributed by atoms with Crippen molar-refractivity contribution in [2.75, 3.05) is 51.4 Å². The van der Waals surface area contributed by atoms with Crippen LogP contribution in [0.15, 0.2) is 12.1 Å². The minimum atomic E-state index is 0. The highest BCUT2D eigenvalue weighted by Gasteiger charge is 2.21. The predicted octanol–water partition coefficient (Wildman–Crippen LogP) is 3.89. The first-order valence-electron chi connectivity index (χ1n) is 9.68. The number of ether oxygens (including phenoxy) is 2. The second-order valence-corrected chi connectivity index (χ2v) is 7.84. The van der Waals surface area contributed by atoms with E-state index in [1.807, 2.05) is 24.0 Å². The molecule has 0 saturated carbocycles. The van der Waals surface area contributed by atoms with Gasteiger partial charge in [-0.1, -0.05) is 24.3 Å². The van der Waals surface area contributed by atoms with Crippen LogP contribution in [0, 0.1) is 6.92 Å². The number of rotatable bonds is 8. The maximum absolute atomic E-state index is 12.8. The highest BCUT2D eigenvalue weighted by molar-refractivity contribution is 7.22. The summed E-state index contributed by atoms with van der Waals surface area (Å²) in [5.41, 5.74) is 2.01. The fourth-order valence-corrected chi connectivity index (χ4v) is 4.43. The summed E-state index contributed by atoms with van der Waals surface area (Å²) < 4.78 is 12.0. The van der Waals surface area contributed by atoms with Gasteiger partial charge in [0, 0.05) is 32.6 Å². The van der Waals surface area contributed by atoms with Gasteiger partial charge in [-0.05, 0) is 31.4 Å². The molecule has 0 bridgehead atoms. The summed E-state index contributed by atoms with van der Waals surface area (Å²) in [7, 11) is 1.66. The smallest absolute Gasteiger partial charge is 0.228 e. The van der Waals surface area contributed by atoms with Crippen LogP contribution in [-0.4, -0.2) is 62.3 Å². The molecule has 1 aliphatic heterocycles. The first kappa shape index (κ1) is 22.9. The lowest BCUT2D eigenvalue weighted by atomic mass is 10.2. The van der Waals surface area contributed by atoms with E-state index in [2.05, 4.69) is 11.8 Å². The SMILES string of the molecule is CCCC(=O)N(CCCN1CCOCC1)c1nc2c(OC)ccc(C)c2s1.Cl. The second kappa shape index (κ2) is 11.0. The number of carbonyl (C=O) groups excluding carboxylic acids is 1. The Labute approximate surface area is 177 Å². The summed E-state index contributed by atoms with van der Waals surface area (Å²) in [6, 6.07) is 3.98. The monoisotopic (exact) mass is 427 g/mol. The number of amides is 1. The molecule has 0 N–H and O–H groups in total. The first-order chi connectivity index (χ1) is 13.1. The molecule has 0 spiro atoms. The molecule has 156 valence electrons. The van der Waals surface area contributed by atoms with Crippen LogP contribution in [0.1, 0.15) is 31.7 Å². The van der Waals surface area contributed by atoms with Gasteiger partial charge < -0.3 is 9.47 Å². The van der Waals surface area contributed by atoms with Crippen molar-refractivity contribution in [1.82, 2.24) is 9.88 Å². The number of anilines is 1. The van der Waals surface area contributed by atoms with Crippen LogP contribution in [0.25, 0.3) is 10.2 Å². The number of halogens is 1. The normalized spacial score (nSPS) is 14.7. The van der Waals surface area contributed by atoms with Crippen molar-refractivity contribution < 1.29 is 14.3 Å². The van der Waals surface area contributed by atoms with Crippen molar-refractivity contribution in [2.24, 2.45) is 0 Å². The Hall–Kier alpha value is -1.41. The number of fused-ring (bicyclic) bond motifs is 1. The number of hydrogen-bond acceptors (Lipinski definition) is 6. The Morgan fingerprint density at radius 1 is 1.36 bits per heavy atom. The molecule has 0 unspecified atom stereocenters. The number of carbonyl (C=O) groups is 1. The molecule has 2 heterocycles. The Balaban J connectivity index is 0.00000280. The average Bonchev–Trinajstić information content (AvgIpc) is 3.12. The summed E-state index contributed by atoms with van der Waals surface area (Å²) >= 11 is 1.58. The molecule has 1 aliphatic rings. The fourth-order valence-electron chi connectivity index (χ4n) is 3.33. The number of morpholine rings is 1. The summed E-state index contributed by atoms with van der Waals surface area (Å²) in [4.78, 5) is 21.8. The molecular formula is C20H30ClN3O3S. The molecule has 1 saturated heterocycles. The Morgan fingerprint density at radius 2 is 2.11 bits per heavy atom. The molecule has 3 rings (SSSR count). The quantitative estimate of drug-likeness (QED) is 0.639. The fraction of sp³-hybridized carbons (Fsp3) is 0.600. The highest BCUT2D eigenvalue weighted by Crippen LogP contribution is 2.36. The van der Waals surface area contributed by atoms with Gasteiger partial charge in [-0.25, -0.2) is 4.98 Å². The van der Waals surface area contributed by atoms with Gasteiger partial charge in [0.05, 0.1) is 25.0 Å². The lowest BCUT2D eigenvalue weighted by Crippen LogP contribution is -2.39. The van der Waals surface area contributed by atoms with Crippen molar-refractivity contribution in [2.45, 2.75) is 33.1 Å². The third kappa shape index (κ3) is 5.35. The van der Waals surface area contributed by atoms with Crippen molar-refractivity contribution in [3.05, 3.63) is 17.7 Å². The Morgan fingerprint density at radius 3 is 2.79 bits per heavy atom. The lowest BCUT2D eigenvalue weighted by Gasteiger charge is -2.27. The highest BCUT2D eigenvalue weighted by atomic mass is 35.5. The lowest BCUT2D eigenvalue weighted by molar-refractivity contribution is -0.118. The largest absolute Gasteiger partial charge is 0.494 e. The molecule has 1 aromatic carbocycles. The molecule has 2 aromatic rings. The van der Waals surface area contributed by atoms with Crippen LogP contribution in [0.4, 0.5) is 5.13 Å². The molecule has 0 radical (unpaired) electrons. The van der Waals surface area contributed by atoms with E-state index in [1.165, 1.54) is 0 Å². The summed E-state index contributed by atoms with van der Waals surface area (Å²) in [5, 5.41) is 0.776. The van der Waals surface area contributed by atoms with Gasteiger partial charge in [-0.2, -0.15) is 0 Å². The van der Waals surface area contributed by atoms with E-state index < -0.39 is 0 Å². The van der Waals surface area contributed by atoms with Gasteiger partial charge in [0.15, 0.2) is 5.13 Å². The molecule has 1 amide bonds. The Kier molecular flexibility index (Phi) is 8.95. The third-order valence-electron chi connectivity index (χ3n) is 4.87. The van der Waals surface area contributed by atoms with Crippen molar-refractivity contribution in [1.29, 1.82) is 0 Å². The maximum Gasteiger partial charge on any atom is 0.228 e. The third-order valence-corrected chi connectivity index (χ3v) is 6.08. The van der Waals surface area contributed by atoms with Crippen molar-refractivity contribution >= 4 is 45.0 Å². The van der Waals surface area contributed by atoms with E-state index in [1.54, 1.807) is 18.4 Å². The number of thiazole rings is 1. The van der Waals surface area contributed by atoms with Crippen molar-refractivity contribution in [3.63, 3.8) is 0 Å². The van der Waals surface area contributed by atoms with Gasteiger partial charge in [0.2, 0.25) is 5.91 Å². The van der Waals surface area contributed by atoms with E-state index in [0.29, 0.717) is 13.0 Å². The first-order valence-corrected chi connectivity index (χ1v) is 10.5. The maximum atomic E-state index is 12.8. The van der Waals surface area contributed by atoms with E-state index in [0.717, 1.165) is 72.4 Å². The molecule has 1 fully saturated rings. The number of nitrogens with zero attached hydrogens (tertiary/aromatic N) is 3. The van der Waals surface area contributed by atoms with E-state index in [4.69, 9.17) is 14.5 Å². The van der Waals surface area contributed by atoms with Gasteiger partial charge >= 0.3 is 0 Å². The molecular weight excluding hydrogens is 398 g/mol. The molecule has 0 atom stereocenters. The van der Waals surface area contributed by atoms with Crippen molar-refractivity contribution in [3.8, 4) is 5.75 Å². The number of methoxy groups -OCH3 is 1. The molecule has 8 heteroatoms. The predicted molar refractivity (Wildman–Crippen MR) is 117 cm³/mol. The molecule has 1 aromatic heterocycles.